The van der Waals surface area contributed by atoms with Crippen molar-refractivity contribution in [3.05, 3.63) is 72.6 Å². The van der Waals surface area contributed by atoms with Gasteiger partial charge in [0.2, 0.25) is 0 Å². The number of alkyl halides is 3. The molecule has 0 fully saturated rings. The van der Waals surface area contributed by atoms with E-state index in [0.717, 1.165) is 32.9 Å². The summed E-state index contributed by atoms with van der Waals surface area (Å²) < 4.78 is 44.4. The van der Waals surface area contributed by atoms with Crippen molar-refractivity contribution < 1.29 is 22.7 Å². The van der Waals surface area contributed by atoms with Gasteiger partial charge in [-0.05, 0) is 36.4 Å². The van der Waals surface area contributed by atoms with Crippen LogP contribution in [0, 0.1) is 0 Å². The molecule has 0 bridgehead atoms. The van der Waals surface area contributed by atoms with Crippen LogP contribution in [0.1, 0.15) is 5.56 Å². The number of carbonyl (C=O) groups is 1. The van der Waals surface area contributed by atoms with Crippen LogP contribution in [-0.4, -0.2) is 22.5 Å². The monoisotopic (exact) mass is 429 g/mol. The molecule has 1 N–H and O–H groups in total. The van der Waals surface area contributed by atoms with Gasteiger partial charge in [-0.25, -0.2) is 4.98 Å². The third-order valence-electron chi connectivity index (χ3n) is 4.12. The van der Waals surface area contributed by atoms with Crippen molar-refractivity contribution in [1.82, 2.24) is 9.97 Å². The first kappa shape index (κ1) is 19.8. The highest BCUT2D eigenvalue weighted by atomic mass is 32.1. The van der Waals surface area contributed by atoms with Crippen molar-refractivity contribution in [3.63, 3.8) is 0 Å². The number of nitrogens with zero attached hydrogens (tertiary/aromatic N) is 2. The fourth-order valence-corrected chi connectivity index (χ4v) is 3.67. The lowest BCUT2D eigenvalue weighted by molar-refractivity contribution is -0.137. The molecule has 0 aliphatic carbocycles. The number of anilines is 1. The molecule has 0 saturated heterocycles. The topological polar surface area (TPSA) is 64.1 Å². The normalized spacial score (nSPS) is 11.4. The predicted octanol–water partition coefficient (Wildman–Crippen LogP) is 5.39. The van der Waals surface area contributed by atoms with E-state index in [1.807, 2.05) is 12.1 Å². The van der Waals surface area contributed by atoms with Crippen LogP contribution in [0.4, 0.5) is 18.9 Å². The maximum absolute atomic E-state index is 12.8. The summed E-state index contributed by atoms with van der Waals surface area (Å²) in [6, 6.07) is 13.4. The lowest BCUT2D eigenvalue weighted by atomic mass is 10.2. The fraction of sp³-hybridized carbons (Fsp3) is 0.0952. The van der Waals surface area contributed by atoms with Crippen molar-refractivity contribution in [1.29, 1.82) is 0 Å². The molecule has 4 rings (SSSR count). The van der Waals surface area contributed by atoms with Crippen molar-refractivity contribution in [3.8, 4) is 16.3 Å². The second-order valence-corrected chi connectivity index (χ2v) is 7.34. The summed E-state index contributed by atoms with van der Waals surface area (Å²) in [5.74, 6) is -0.519. The van der Waals surface area contributed by atoms with Gasteiger partial charge in [-0.15, -0.1) is 11.3 Å². The van der Waals surface area contributed by atoms with Crippen LogP contribution < -0.4 is 10.1 Å². The summed E-state index contributed by atoms with van der Waals surface area (Å²) in [5, 5.41) is 3.47. The summed E-state index contributed by atoms with van der Waals surface area (Å²) in [6.07, 6.45) is -1.06. The van der Waals surface area contributed by atoms with E-state index < -0.39 is 24.3 Å². The Bertz CT molecular complexity index is 1170. The quantitative estimate of drug-likeness (QED) is 0.462. The van der Waals surface area contributed by atoms with Crippen molar-refractivity contribution >= 4 is 33.1 Å². The number of halogens is 3. The lowest BCUT2D eigenvalue weighted by Crippen LogP contribution is -2.20. The summed E-state index contributed by atoms with van der Waals surface area (Å²) in [5.41, 5.74) is 1.36. The van der Waals surface area contributed by atoms with Crippen LogP contribution in [0.5, 0.6) is 5.75 Å². The van der Waals surface area contributed by atoms with Gasteiger partial charge >= 0.3 is 6.18 Å². The molecule has 0 unspecified atom stereocenters. The standard InChI is InChI=1S/C21H14F3N3O2S/c22-21(23,24)14-4-2-6-16(10-14)29-12-19(28)26-15-5-1-3-13(9-15)20-27-17-7-8-25-11-18(17)30-20/h1-11H,12H2,(H,26,28). The van der Waals surface area contributed by atoms with Crippen LogP contribution in [-0.2, 0) is 11.0 Å². The van der Waals surface area contributed by atoms with Crippen LogP contribution in [0.2, 0.25) is 0 Å². The molecule has 4 aromatic rings. The number of hydrogen-bond acceptors (Lipinski definition) is 5. The highest BCUT2D eigenvalue weighted by Crippen LogP contribution is 2.32. The average molecular weight is 429 g/mol. The first-order valence-corrected chi connectivity index (χ1v) is 9.61. The highest BCUT2D eigenvalue weighted by Gasteiger charge is 2.30. The van der Waals surface area contributed by atoms with E-state index in [1.54, 1.807) is 30.6 Å². The number of pyridine rings is 1. The Balaban J connectivity index is 1.42. The third kappa shape index (κ3) is 4.57. The molecular weight excluding hydrogens is 415 g/mol. The first-order valence-electron chi connectivity index (χ1n) is 8.79. The number of carbonyl (C=O) groups excluding carboxylic acids is 1. The number of rotatable bonds is 5. The van der Waals surface area contributed by atoms with Gasteiger partial charge in [0, 0.05) is 23.6 Å². The van der Waals surface area contributed by atoms with E-state index in [9.17, 15) is 18.0 Å². The molecule has 0 radical (unpaired) electrons. The average Bonchev–Trinajstić information content (AvgIpc) is 3.16. The number of hydrogen-bond donors (Lipinski definition) is 1. The molecule has 2 aromatic carbocycles. The number of thiazole rings is 1. The van der Waals surface area contributed by atoms with E-state index in [1.165, 1.54) is 23.5 Å². The minimum Gasteiger partial charge on any atom is -0.484 e. The van der Waals surface area contributed by atoms with Gasteiger partial charge in [-0.2, -0.15) is 13.2 Å². The first-order chi connectivity index (χ1) is 14.4. The van der Waals surface area contributed by atoms with E-state index >= 15 is 0 Å². The Morgan fingerprint density at radius 2 is 1.93 bits per heavy atom. The van der Waals surface area contributed by atoms with E-state index in [4.69, 9.17) is 4.74 Å². The van der Waals surface area contributed by atoms with E-state index in [-0.39, 0.29) is 5.75 Å². The minimum absolute atomic E-state index is 0.0307. The summed E-state index contributed by atoms with van der Waals surface area (Å²) >= 11 is 1.49. The third-order valence-corrected chi connectivity index (χ3v) is 5.17. The van der Waals surface area contributed by atoms with Crippen molar-refractivity contribution in [2.45, 2.75) is 6.18 Å². The molecule has 30 heavy (non-hydrogen) atoms. The predicted molar refractivity (Wildman–Crippen MR) is 108 cm³/mol. The van der Waals surface area contributed by atoms with E-state index in [2.05, 4.69) is 15.3 Å². The SMILES string of the molecule is O=C(COc1cccc(C(F)(F)F)c1)Nc1cccc(-c2nc3ccncc3s2)c1. The van der Waals surface area contributed by atoms with Gasteiger partial charge in [0.15, 0.2) is 6.61 Å². The van der Waals surface area contributed by atoms with E-state index in [0.29, 0.717) is 5.69 Å². The largest absolute Gasteiger partial charge is 0.484 e. The Morgan fingerprint density at radius 1 is 1.10 bits per heavy atom. The highest BCUT2D eigenvalue weighted by molar-refractivity contribution is 7.21. The summed E-state index contributed by atoms with van der Waals surface area (Å²) in [6.45, 7) is -0.418. The van der Waals surface area contributed by atoms with Gasteiger partial charge in [0.25, 0.3) is 5.91 Å². The van der Waals surface area contributed by atoms with Crippen LogP contribution in [0.3, 0.4) is 0 Å². The fourth-order valence-electron chi connectivity index (χ4n) is 2.74. The number of amides is 1. The van der Waals surface area contributed by atoms with Crippen molar-refractivity contribution in [2.24, 2.45) is 0 Å². The zero-order chi connectivity index (χ0) is 21.1. The van der Waals surface area contributed by atoms with Gasteiger partial charge in [0.1, 0.15) is 10.8 Å². The molecule has 2 heterocycles. The molecule has 0 atom stereocenters. The Labute approximate surface area is 173 Å². The molecule has 0 aliphatic rings. The Morgan fingerprint density at radius 3 is 2.73 bits per heavy atom. The van der Waals surface area contributed by atoms with Gasteiger partial charge in [-0.3, -0.25) is 9.78 Å². The molecule has 0 saturated carbocycles. The molecule has 1 amide bonds. The maximum Gasteiger partial charge on any atom is 0.416 e. The van der Waals surface area contributed by atoms with Crippen LogP contribution >= 0.6 is 11.3 Å². The number of benzene rings is 2. The molecule has 5 nitrogen and oxygen atoms in total. The van der Waals surface area contributed by atoms with Crippen LogP contribution in [0.15, 0.2) is 67.0 Å². The second kappa shape index (κ2) is 8.11. The number of ether oxygens (including phenoxy) is 1. The number of nitrogens with one attached hydrogen (secondary N) is 1. The lowest BCUT2D eigenvalue weighted by Gasteiger charge is -2.11. The maximum atomic E-state index is 12.8. The molecule has 152 valence electrons. The molecular formula is C21H14F3N3O2S. The number of fused-ring (bicyclic) bond motifs is 1. The number of aromatic nitrogens is 2. The Kier molecular flexibility index (Phi) is 5.37. The Hall–Kier alpha value is -3.46. The minimum atomic E-state index is -4.47. The summed E-state index contributed by atoms with van der Waals surface area (Å²) in [4.78, 5) is 20.8. The molecule has 2 aromatic heterocycles. The summed E-state index contributed by atoms with van der Waals surface area (Å²) in [7, 11) is 0. The molecule has 0 spiro atoms. The van der Waals surface area contributed by atoms with Gasteiger partial charge in [-0.1, -0.05) is 18.2 Å². The second-order valence-electron chi connectivity index (χ2n) is 6.31. The van der Waals surface area contributed by atoms with Gasteiger partial charge in [0.05, 0.1) is 15.8 Å². The smallest absolute Gasteiger partial charge is 0.416 e. The zero-order valence-corrected chi connectivity index (χ0v) is 16.1. The molecule has 0 aliphatic heterocycles. The zero-order valence-electron chi connectivity index (χ0n) is 15.3. The van der Waals surface area contributed by atoms with Crippen LogP contribution in [0.25, 0.3) is 20.8 Å². The van der Waals surface area contributed by atoms with Gasteiger partial charge < -0.3 is 10.1 Å². The van der Waals surface area contributed by atoms with Crippen molar-refractivity contribution in [2.75, 3.05) is 11.9 Å². The molecule has 9 heteroatoms.